The van der Waals surface area contributed by atoms with Gasteiger partial charge in [0.2, 0.25) is 0 Å². The summed E-state index contributed by atoms with van der Waals surface area (Å²) >= 11 is 0. The minimum atomic E-state index is -2.67. The minimum absolute atomic E-state index is 0.269. The molecule has 0 aromatic heterocycles. The standard InChI is InChI=1S/C8H12F2O3/c1-7(2)12-5-3-4-11-8(5,13-7)6(9)10/h5-6H,3-4H2,1-2H3. The summed E-state index contributed by atoms with van der Waals surface area (Å²) in [5, 5.41) is 0. The van der Waals surface area contributed by atoms with E-state index < -0.39 is 24.1 Å². The third-order valence-corrected chi connectivity index (χ3v) is 2.29. The largest absolute Gasteiger partial charge is 0.343 e. The molecule has 2 rings (SSSR count). The van der Waals surface area contributed by atoms with E-state index in [4.69, 9.17) is 14.2 Å². The van der Waals surface area contributed by atoms with E-state index >= 15 is 0 Å². The molecule has 0 amide bonds. The summed E-state index contributed by atoms with van der Waals surface area (Å²) in [5.41, 5.74) is 0. The molecule has 0 radical (unpaired) electrons. The van der Waals surface area contributed by atoms with Crippen LogP contribution in [0.15, 0.2) is 0 Å². The van der Waals surface area contributed by atoms with Crippen molar-refractivity contribution >= 4 is 0 Å². The van der Waals surface area contributed by atoms with Gasteiger partial charge in [-0.25, -0.2) is 8.78 Å². The maximum absolute atomic E-state index is 12.7. The molecule has 0 spiro atoms. The minimum Gasteiger partial charge on any atom is -0.343 e. The van der Waals surface area contributed by atoms with Crippen molar-refractivity contribution in [1.82, 2.24) is 0 Å². The molecule has 2 atom stereocenters. The smallest absolute Gasteiger partial charge is 0.294 e. The summed E-state index contributed by atoms with van der Waals surface area (Å²) in [7, 11) is 0. The van der Waals surface area contributed by atoms with E-state index in [1.54, 1.807) is 13.8 Å². The molecular weight excluding hydrogens is 182 g/mol. The van der Waals surface area contributed by atoms with E-state index in [1.165, 1.54) is 0 Å². The lowest BCUT2D eigenvalue weighted by Crippen LogP contribution is -2.45. The SMILES string of the molecule is CC1(C)OC2CCOC2(C(F)F)O1. The van der Waals surface area contributed by atoms with Gasteiger partial charge in [-0.1, -0.05) is 0 Å². The molecule has 0 bridgehead atoms. The van der Waals surface area contributed by atoms with E-state index in [0.717, 1.165) is 0 Å². The van der Waals surface area contributed by atoms with Crippen LogP contribution in [-0.4, -0.2) is 30.7 Å². The summed E-state index contributed by atoms with van der Waals surface area (Å²) in [6.45, 7) is 3.49. The second-order valence-electron chi connectivity index (χ2n) is 3.77. The van der Waals surface area contributed by atoms with Crippen LogP contribution in [0.25, 0.3) is 0 Å². The molecule has 13 heavy (non-hydrogen) atoms. The van der Waals surface area contributed by atoms with E-state index in [2.05, 4.69) is 0 Å². The zero-order valence-electron chi connectivity index (χ0n) is 7.55. The van der Waals surface area contributed by atoms with Gasteiger partial charge < -0.3 is 14.2 Å². The number of alkyl halides is 2. The first-order valence-electron chi connectivity index (χ1n) is 4.26. The quantitative estimate of drug-likeness (QED) is 0.633. The Balaban J connectivity index is 2.25. The molecule has 76 valence electrons. The Kier molecular flexibility index (Phi) is 1.87. The molecule has 2 unspecified atom stereocenters. The van der Waals surface area contributed by atoms with Gasteiger partial charge in [0.1, 0.15) is 6.10 Å². The lowest BCUT2D eigenvalue weighted by atomic mass is 10.1. The highest BCUT2D eigenvalue weighted by atomic mass is 19.3. The zero-order chi connectivity index (χ0) is 9.69. The fraction of sp³-hybridized carbons (Fsp3) is 1.00. The molecule has 0 N–H and O–H groups in total. The van der Waals surface area contributed by atoms with Crippen molar-refractivity contribution in [2.24, 2.45) is 0 Å². The van der Waals surface area contributed by atoms with Crippen LogP contribution >= 0.6 is 0 Å². The molecule has 2 aliphatic rings. The Morgan fingerprint density at radius 3 is 2.62 bits per heavy atom. The third-order valence-electron chi connectivity index (χ3n) is 2.29. The fourth-order valence-electron chi connectivity index (χ4n) is 1.85. The number of ether oxygens (including phenoxy) is 3. The molecule has 0 aromatic carbocycles. The molecule has 5 heteroatoms. The van der Waals surface area contributed by atoms with Crippen molar-refractivity contribution in [2.45, 2.75) is 44.4 Å². The molecule has 2 heterocycles. The molecular formula is C8H12F2O3. The zero-order valence-corrected chi connectivity index (χ0v) is 7.55. The normalized spacial score (nSPS) is 42.7. The average Bonchev–Trinajstić information content (AvgIpc) is 2.40. The second-order valence-corrected chi connectivity index (χ2v) is 3.77. The van der Waals surface area contributed by atoms with Crippen molar-refractivity contribution < 1.29 is 23.0 Å². The van der Waals surface area contributed by atoms with Gasteiger partial charge in [-0.05, 0) is 13.8 Å². The summed E-state index contributed by atoms with van der Waals surface area (Å²) in [5.74, 6) is -2.79. The van der Waals surface area contributed by atoms with Crippen LogP contribution in [0.5, 0.6) is 0 Å². The number of hydrogen-bond acceptors (Lipinski definition) is 3. The average molecular weight is 194 g/mol. The van der Waals surface area contributed by atoms with Crippen molar-refractivity contribution in [3.63, 3.8) is 0 Å². The first-order valence-corrected chi connectivity index (χ1v) is 4.26. The summed E-state index contributed by atoms with van der Waals surface area (Å²) < 4.78 is 40.8. The predicted molar refractivity (Wildman–Crippen MR) is 39.3 cm³/mol. The van der Waals surface area contributed by atoms with Gasteiger partial charge in [0.25, 0.3) is 12.2 Å². The van der Waals surface area contributed by atoms with Gasteiger partial charge in [-0.3, -0.25) is 0 Å². The number of halogens is 2. The molecule has 2 aliphatic heterocycles. The predicted octanol–water partition coefficient (Wildman–Crippen LogP) is 1.52. The number of rotatable bonds is 1. The topological polar surface area (TPSA) is 27.7 Å². The van der Waals surface area contributed by atoms with Crippen LogP contribution < -0.4 is 0 Å². The highest BCUT2D eigenvalue weighted by molar-refractivity contribution is 4.95. The maximum Gasteiger partial charge on any atom is 0.294 e. The first kappa shape index (κ1) is 9.30. The Labute approximate surface area is 75.0 Å². The highest BCUT2D eigenvalue weighted by Gasteiger charge is 2.63. The van der Waals surface area contributed by atoms with Gasteiger partial charge in [0.05, 0.1) is 6.61 Å². The number of hydrogen-bond donors (Lipinski definition) is 0. The van der Waals surface area contributed by atoms with Crippen LogP contribution in [-0.2, 0) is 14.2 Å². The van der Waals surface area contributed by atoms with Gasteiger partial charge >= 0.3 is 0 Å². The molecule has 3 nitrogen and oxygen atoms in total. The van der Waals surface area contributed by atoms with Crippen molar-refractivity contribution in [3.8, 4) is 0 Å². The Morgan fingerprint density at radius 1 is 1.38 bits per heavy atom. The maximum atomic E-state index is 12.7. The summed E-state index contributed by atoms with van der Waals surface area (Å²) in [6.07, 6.45) is -2.84. The lowest BCUT2D eigenvalue weighted by molar-refractivity contribution is -0.289. The van der Waals surface area contributed by atoms with E-state index in [1.807, 2.05) is 0 Å². The Bertz CT molecular complexity index is 219. The van der Waals surface area contributed by atoms with E-state index in [-0.39, 0.29) is 6.61 Å². The van der Waals surface area contributed by atoms with Crippen LogP contribution in [0.4, 0.5) is 8.78 Å². The first-order chi connectivity index (χ1) is 5.96. The molecule has 0 aromatic rings. The molecule has 0 saturated carbocycles. The van der Waals surface area contributed by atoms with Gasteiger partial charge in [-0.2, -0.15) is 0 Å². The van der Waals surface area contributed by atoms with E-state index in [9.17, 15) is 8.78 Å². The van der Waals surface area contributed by atoms with Crippen molar-refractivity contribution in [1.29, 1.82) is 0 Å². The molecule has 2 fully saturated rings. The van der Waals surface area contributed by atoms with Crippen LogP contribution in [0.3, 0.4) is 0 Å². The van der Waals surface area contributed by atoms with Gasteiger partial charge in [0.15, 0.2) is 5.79 Å². The monoisotopic (exact) mass is 194 g/mol. The van der Waals surface area contributed by atoms with Crippen LogP contribution in [0.1, 0.15) is 20.3 Å². The fourth-order valence-corrected chi connectivity index (χ4v) is 1.85. The summed E-state index contributed by atoms with van der Waals surface area (Å²) in [6, 6.07) is 0. The molecule has 2 saturated heterocycles. The van der Waals surface area contributed by atoms with E-state index in [0.29, 0.717) is 6.42 Å². The van der Waals surface area contributed by atoms with Crippen LogP contribution in [0.2, 0.25) is 0 Å². The number of fused-ring (bicyclic) bond motifs is 1. The van der Waals surface area contributed by atoms with Crippen molar-refractivity contribution in [3.05, 3.63) is 0 Å². The third kappa shape index (κ3) is 1.26. The summed E-state index contributed by atoms with van der Waals surface area (Å²) in [4.78, 5) is 0. The second kappa shape index (κ2) is 2.62. The lowest BCUT2D eigenvalue weighted by Gasteiger charge is -2.26. The van der Waals surface area contributed by atoms with Gasteiger partial charge in [-0.15, -0.1) is 0 Å². The van der Waals surface area contributed by atoms with Crippen LogP contribution in [0, 0.1) is 0 Å². The highest BCUT2D eigenvalue weighted by Crippen LogP contribution is 2.46. The molecule has 0 aliphatic carbocycles. The van der Waals surface area contributed by atoms with Crippen molar-refractivity contribution in [2.75, 3.05) is 6.61 Å². The van der Waals surface area contributed by atoms with Gasteiger partial charge in [0, 0.05) is 6.42 Å². The Morgan fingerprint density at radius 2 is 2.08 bits per heavy atom. The Hall–Kier alpha value is -0.260.